The molecule has 0 radical (unpaired) electrons. The summed E-state index contributed by atoms with van der Waals surface area (Å²) < 4.78 is 14.1. The predicted octanol–water partition coefficient (Wildman–Crippen LogP) is -2.10. The van der Waals surface area contributed by atoms with Gasteiger partial charge < -0.3 is 9.79 Å². The van der Waals surface area contributed by atoms with Crippen LogP contribution in [0.5, 0.6) is 0 Å². The Bertz CT molecular complexity index is 112. The molecule has 0 aromatic heterocycles. The summed E-state index contributed by atoms with van der Waals surface area (Å²) in [7, 11) is -4.20. The normalized spacial score (nSPS) is 10.7. The summed E-state index contributed by atoms with van der Waals surface area (Å²) in [6, 6.07) is 0. The van der Waals surface area contributed by atoms with Gasteiger partial charge in [0.2, 0.25) is 0 Å². The molecular weight excluding hydrogens is 166 g/mol. The van der Waals surface area contributed by atoms with Crippen molar-refractivity contribution in [3.05, 3.63) is 0 Å². The second-order valence-corrected chi connectivity index (χ2v) is 2.92. The van der Waals surface area contributed by atoms with Crippen LogP contribution in [-0.2, 0) is 9.09 Å². The van der Waals surface area contributed by atoms with Crippen molar-refractivity contribution < 1.29 is 48.4 Å². The van der Waals surface area contributed by atoms with Crippen molar-refractivity contribution in [2.24, 2.45) is 0 Å². The number of hydrogen-bond acceptors (Lipinski definition) is 2. The van der Waals surface area contributed by atoms with Crippen molar-refractivity contribution in [3.63, 3.8) is 0 Å². The molecule has 0 rings (SSSR count). The van der Waals surface area contributed by atoms with Crippen LogP contribution in [0.1, 0.15) is 19.8 Å². The fourth-order valence-corrected chi connectivity index (χ4v) is 0.695. The molecule has 0 aliphatic carbocycles. The van der Waals surface area contributed by atoms with E-state index in [1.165, 1.54) is 0 Å². The van der Waals surface area contributed by atoms with Gasteiger partial charge in [-0.05, 0) is 6.42 Å². The van der Waals surface area contributed by atoms with Crippen LogP contribution < -0.4 is 29.6 Å². The Kier molecular flexibility index (Phi) is 9.30. The summed E-state index contributed by atoms with van der Waals surface area (Å²) in [5.74, 6) is 0. The Labute approximate surface area is 82.5 Å². The quantitative estimate of drug-likeness (QED) is 0.293. The summed E-state index contributed by atoms with van der Waals surface area (Å²) in [5, 5.41) is 0. The zero-order chi connectivity index (χ0) is 7.33. The van der Waals surface area contributed by atoms with E-state index in [0.717, 1.165) is 6.42 Å². The fourth-order valence-electron chi connectivity index (χ4n) is 0.328. The van der Waals surface area contributed by atoms with Gasteiger partial charge in [0.25, 0.3) is 0 Å². The topological polar surface area (TPSA) is 66.8 Å². The Morgan fingerprint density at radius 3 is 2.30 bits per heavy atom. The van der Waals surface area contributed by atoms with E-state index >= 15 is 0 Å². The van der Waals surface area contributed by atoms with Gasteiger partial charge in [0.1, 0.15) is 0 Å². The molecule has 0 aromatic rings. The van der Waals surface area contributed by atoms with Crippen LogP contribution in [0.3, 0.4) is 0 Å². The largest absolute Gasteiger partial charge is 1.00 e. The van der Waals surface area contributed by atoms with Crippen molar-refractivity contribution >= 4 is 7.82 Å². The standard InChI is InChI=1S/C4H11O4P.Na/c1-2-3-4-8-9(5,6)7;/h2-4H2,1H3,(H2,5,6,7);/q;+1. The maximum atomic E-state index is 9.98. The van der Waals surface area contributed by atoms with Crippen LogP contribution in [-0.4, -0.2) is 16.4 Å². The van der Waals surface area contributed by atoms with E-state index in [1.807, 2.05) is 6.92 Å². The summed E-state index contributed by atoms with van der Waals surface area (Å²) in [6.45, 7) is 2.06. The first-order valence-corrected chi connectivity index (χ1v) is 4.29. The number of hydrogen-bond donors (Lipinski definition) is 2. The van der Waals surface area contributed by atoms with Crippen LogP contribution >= 0.6 is 7.82 Å². The monoisotopic (exact) mass is 177 g/mol. The van der Waals surface area contributed by atoms with Gasteiger partial charge >= 0.3 is 37.4 Å². The Morgan fingerprint density at radius 2 is 2.00 bits per heavy atom. The Morgan fingerprint density at radius 1 is 1.50 bits per heavy atom. The third-order valence-corrected chi connectivity index (χ3v) is 1.28. The molecule has 10 heavy (non-hydrogen) atoms. The van der Waals surface area contributed by atoms with Crippen molar-refractivity contribution in [2.75, 3.05) is 6.61 Å². The molecule has 0 heterocycles. The first-order valence-electron chi connectivity index (χ1n) is 2.76. The van der Waals surface area contributed by atoms with Crippen LogP contribution in [0, 0.1) is 0 Å². The average molecular weight is 177 g/mol. The molecule has 56 valence electrons. The Hall–Kier alpha value is 1.11. The SMILES string of the molecule is CCCCOP(=O)(O)O.[Na+]. The predicted molar refractivity (Wildman–Crippen MR) is 32.9 cm³/mol. The number of rotatable bonds is 4. The van der Waals surface area contributed by atoms with Crippen LogP contribution in [0.4, 0.5) is 0 Å². The second-order valence-electron chi connectivity index (χ2n) is 1.68. The minimum Gasteiger partial charge on any atom is -0.303 e. The van der Waals surface area contributed by atoms with E-state index in [1.54, 1.807) is 0 Å². The molecular formula is C4H11NaO4P+. The van der Waals surface area contributed by atoms with Gasteiger partial charge in [-0.3, -0.25) is 4.52 Å². The molecule has 0 aromatic carbocycles. The number of phosphoric ester groups is 1. The second kappa shape index (κ2) is 6.80. The van der Waals surface area contributed by atoms with Crippen LogP contribution in [0.2, 0.25) is 0 Å². The van der Waals surface area contributed by atoms with Crippen LogP contribution in [0.15, 0.2) is 0 Å². The van der Waals surface area contributed by atoms with Gasteiger partial charge in [0.15, 0.2) is 0 Å². The smallest absolute Gasteiger partial charge is 0.303 e. The molecule has 4 nitrogen and oxygen atoms in total. The molecule has 0 atom stereocenters. The molecule has 2 N–H and O–H groups in total. The van der Waals surface area contributed by atoms with Crippen LogP contribution in [0.25, 0.3) is 0 Å². The number of phosphoric acid groups is 1. The van der Waals surface area contributed by atoms with E-state index in [4.69, 9.17) is 9.79 Å². The van der Waals surface area contributed by atoms with E-state index < -0.39 is 7.82 Å². The maximum absolute atomic E-state index is 9.98. The van der Waals surface area contributed by atoms with Crippen molar-refractivity contribution in [1.82, 2.24) is 0 Å². The molecule has 0 saturated carbocycles. The van der Waals surface area contributed by atoms with Crippen molar-refractivity contribution in [3.8, 4) is 0 Å². The first-order chi connectivity index (χ1) is 4.06. The minimum atomic E-state index is -4.20. The van der Waals surface area contributed by atoms with Gasteiger partial charge in [0.05, 0.1) is 6.61 Å². The molecule has 0 aliphatic heterocycles. The van der Waals surface area contributed by atoms with Gasteiger partial charge in [0, 0.05) is 0 Å². The van der Waals surface area contributed by atoms with E-state index in [2.05, 4.69) is 4.52 Å². The average Bonchev–Trinajstić information content (AvgIpc) is 1.63. The summed E-state index contributed by atoms with van der Waals surface area (Å²) >= 11 is 0. The third-order valence-electron chi connectivity index (χ3n) is 0.757. The zero-order valence-electron chi connectivity index (χ0n) is 6.28. The molecule has 0 bridgehead atoms. The van der Waals surface area contributed by atoms with Gasteiger partial charge in [-0.25, -0.2) is 4.57 Å². The molecule has 0 unspecified atom stereocenters. The summed E-state index contributed by atoms with van der Waals surface area (Å²) in [4.78, 5) is 16.3. The number of unbranched alkanes of at least 4 members (excludes halogenated alkanes) is 1. The van der Waals surface area contributed by atoms with Crippen molar-refractivity contribution in [1.29, 1.82) is 0 Å². The van der Waals surface area contributed by atoms with E-state index in [0.29, 0.717) is 6.42 Å². The minimum absolute atomic E-state index is 0. The molecule has 0 spiro atoms. The molecule has 0 fully saturated rings. The van der Waals surface area contributed by atoms with Gasteiger partial charge in [-0.15, -0.1) is 0 Å². The zero-order valence-corrected chi connectivity index (χ0v) is 9.17. The summed E-state index contributed by atoms with van der Waals surface area (Å²) in [5.41, 5.74) is 0. The first kappa shape index (κ1) is 13.7. The van der Waals surface area contributed by atoms with Crippen molar-refractivity contribution in [2.45, 2.75) is 19.8 Å². The third kappa shape index (κ3) is 11.9. The fraction of sp³-hybridized carbons (Fsp3) is 1.00. The Balaban J connectivity index is 0. The van der Waals surface area contributed by atoms with E-state index in [-0.39, 0.29) is 36.2 Å². The summed E-state index contributed by atoms with van der Waals surface area (Å²) in [6.07, 6.45) is 1.56. The van der Waals surface area contributed by atoms with E-state index in [9.17, 15) is 4.57 Å². The van der Waals surface area contributed by atoms with Gasteiger partial charge in [-0.2, -0.15) is 0 Å². The molecule has 0 aliphatic rings. The molecule has 0 saturated heterocycles. The van der Waals surface area contributed by atoms with Gasteiger partial charge in [-0.1, -0.05) is 13.3 Å². The molecule has 0 amide bonds. The maximum Gasteiger partial charge on any atom is 1.00 e. The molecule has 6 heteroatoms.